The van der Waals surface area contributed by atoms with Crippen molar-refractivity contribution in [1.82, 2.24) is 19.6 Å². The number of hydrogen-bond acceptors (Lipinski definition) is 7. The van der Waals surface area contributed by atoms with Gasteiger partial charge in [-0.1, -0.05) is 18.0 Å². The van der Waals surface area contributed by atoms with Gasteiger partial charge in [-0.3, -0.25) is 4.90 Å². The standard InChI is InChI=1S/C22H29F3N6O2S/c1-34-27-20-6-9-31(26-20)21(33)30-12-10-28(11-13-30)15-16-2-3-18(22(23,24)25)19(14-16)29-7-4-17(32)5-8-29/h2-3,6,9,14,17,32H,4-5,7-8,10-13,15H2,1H3,(H,26,27). The number of alkyl halides is 3. The van der Waals surface area contributed by atoms with E-state index in [4.69, 9.17) is 0 Å². The first-order valence-corrected chi connectivity index (χ1v) is 12.5. The summed E-state index contributed by atoms with van der Waals surface area (Å²) in [5.74, 6) is 0.612. The van der Waals surface area contributed by atoms with E-state index in [9.17, 15) is 23.1 Å². The molecule has 2 aromatic rings. The van der Waals surface area contributed by atoms with Crippen LogP contribution >= 0.6 is 11.9 Å². The summed E-state index contributed by atoms with van der Waals surface area (Å²) in [6.45, 7) is 3.58. The van der Waals surface area contributed by atoms with Crippen LogP contribution in [-0.2, 0) is 12.7 Å². The fourth-order valence-electron chi connectivity index (χ4n) is 4.37. The smallest absolute Gasteiger partial charge is 0.393 e. The monoisotopic (exact) mass is 498 g/mol. The third-order valence-electron chi connectivity index (χ3n) is 6.21. The molecule has 0 saturated carbocycles. The fourth-order valence-corrected chi connectivity index (χ4v) is 4.69. The Kier molecular flexibility index (Phi) is 7.58. The maximum Gasteiger partial charge on any atom is 0.418 e. The third-order valence-corrected chi connectivity index (χ3v) is 6.63. The highest BCUT2D eigenvalue weighted by molar-refractivity contribution is 7.99. The van der Waals surface area contributed by atoms with Gasteiger partial charge in [-0.05, 0) is 30.5 Å². The van der Waals surface area contributed by atoms with Crippen LogP contribution in [-0.4, -0.2) is 82.3 Å². The third kappa shape index (κ3) is 5.78. The summed E-state index contributed by atoms with van der Waals surface area (Å²) in [6.07, 6.45) is -0.477. The van der Waals surface area contributed by atoms with Gasteiger partial charge in [-0.25, -0.2) is 4.79 Å². The molecular formula is C22H29F3N6O2S. The Balaban J connectivity index is 1.39. The molecule has 3 heterocycles. The summed E-state index contributed by atoms with van der Waals surface area (Å²) in [7, 11) is 0. The minimum absolute atomic E-state index is 0.180. The Hall–Kier alpha value is -2.44. The molecule has 0 bridgehead atoms. The predicted molar refractivity (Wildman–Crippen MR) is 126 cm³/mol. The molecule has 186 valence electrons. The van der Waals surface area contributed by atoms with E-state index < -0.39 is 17.8 Å². The Morgan fingerprint density at radius 2 is 1.85 bits per heavy atom. The second-order valence-electron chi connectivity index (χ2n) is 8.56. The lowest BCUT2D eigenvalue weighted by atomic mass is 10.0. The van der Waals surface area contributed by atoms with Crippen molar-refractivity contribution in [3.63, 3.8) is 0 Å². The van der Waals surface area contributed by atoms with E-state index in [0.29, 0.717) is 64.5 Å². The van der Waals surface area contributed by atoms with E-state index in [1.807, 2.05) is 6.26 Å². The number of aliphatic hydroxyl groups is 1. The van der Waals surface area contributed by atoms with Crippen molar-refractivity contribution in [3.05, 3.63) is 41.6 Å². The van der Waals surface area contributed by atoms with Crippen molar-refractivity contribution >= 4 is 29.5 Å². The van der Waals surface area contributed by atoms with Crippen LogP contribution in [0.3, 0.4) is 0 Å². The highest BCUT2D eigenvalue weighted by Gasteiger charge is 2.36. The molecule has 2 saturated heterocycles. The maximum atomic E-state index is 13.6. The lowest BCUT2D eigenvalue weighted by Crippen LogP contribution is -2.49. The predicted octanol–water partition coefficient (Wildman–Crippen LogP) is 3.34. The van der Waals surface area contributed by atoms with Gasteiger partial charge in [0.05, 0.1) is 11.7 Å². The molecule has 34 heavy (non-hydrogen) atoms. The van der Waals surface area contributed by atoms with Crippen LogP contribution in [0.25, 0.3) is 0 Å². The zero-order chi connectivity index (χ0) is 24.3. The van der Waals surface area contributed by atoms with Crippen LogP contribution in [0.4, 0.5) is 29.5 Å². The highest BCUT2D eigenvalue weighted by Crippen LogP contribution is 2.38. The molecule has 0 unspecified atom stereocenters. The highest BCUT2D eigenvalue weighted by atomic mass is 32.2. The number of hydrogen-bond donors (Lipinski definition) is 2. The number of rotatable bonds is 5. The molecule has 0 atom stereocenters. The van der Waals surface area contributed by atoms with Crippen molar-refractivity contribution in [2.24, 2.45) is 0 Å². The van der Waals surface area contributed by atoms with Gasteiger partial charge in [0, 0.05) is 70.0 Å². The number of amides is 1. The summed E-state index contributed by atoms with van der Waals surface area (Å²) < 4.78 is 45.2. The van der Waals surface area contributed by atoms with E-state index in [1.165, 1.54) is 22.7 Å². The summed E-state index contributed by atoms with van der Waals surface area (Å²) in [6, 6.07) is 5.86. The number of anilines is 2. The van der Waals surface area contributed by atoms with E-state index >= 15 is 0 Å². The van der Waals surface area contributed by atoms with Crippen LogP contribution in [0.15, 0.2) is 30.5 Å². The molecule has 1 amide bonds. The topological polar surface area (TPSA) is 76.9 Å². The molecule has 2 aliphatic heterocycles. The van der Waals surface area contributed by atoms with Crippen LogP contribution in [0, 0.1) is 0 Å². The molecule has 2 fully saturated rings. The van der Waals surface area contributed by atoms with E-state index in [1.54, 1.807) is 28.1 Å². The first-order chi connectivity index (χ1) is 16.2. The summed E-state index contributed by atoms with van der Waals surface area (Å²) in [5.41, 5.74) is 0.338. The van der Waals surface area contributed by atoms with Crippen molar-refractivity contribution in [2.45, 2.75) is 31.7 Å². The van der Waals surface area contributed by atoms with Gasteiger partial charge in [-0.2, -0.15) is 17.9 Å². The van der Waals surface area contributed by atoms with Crippen molar-refractivity contribution in [1.29, 1.82) is 0 Å². The first-order valence-electron chi connectivity index (χ1n) is 11.2. The van der Waals surface area contributed by atoms with Crippen LogP contribution in [0.1, 0.15) is 24.0 Å². The second-order valence-corrected chi connectivity index (χ2v) is 9.18. The zero-order valence-corrected chi connectivity index (χ0v) is 19.8. The quantitative estimate of drug-likeness (QED) is 0.613. The number of halogens is 3. The average Bonchev–Trinajstić information content (AvgIpc) is 3.28. The Bertz CT molecular complexity index is 985. The second kappa shape index (κ2) is 10.4. The summed E-state index contributed by atoms with van der Waals surface area (Å²) >= 11 is 1.39. The Labute approximate surface area is 200 Å². The zero-order valence-electron chi connectivity index (χ0n) is 19.0. The number of carbonyl (C=O) groups excluding carboxylic acids is 1. The van der Waals surface area contributed by atoms with Crippen LogP contribution in [0.5, 0.6) is 0 Å². The molecule has 2 aliphatic rings. The largest absolute Gasteiger partial charge is 0.418 e. The van der Waals surface area contributed by atoms with E-state index in [2.05, 4.69) is 14.7 Å². The molecule has 0 radical (unpaired) electrons. The van der Waals surface area contributed by atoms with E-state index in [-0.39, 0.29) is 11.7 Å². The number of benzene rings is 1. The number of aliphatic hydroxyl groups excluding tert-OH is 1. The minimum Gasteiger partial charge on any atom is -0.393 e. The molecule has 8 nitrogen and oxygen atoms in total. The van der Waals surface area contributed by atoms with Gasteiger partial charge in [0.15, 0.2) is 5.82 Å². The average molecular weight is 499 g/mol. The van der Waals surface area contributed by atoms with E-state index in [0.717, 1.165) is 11.6 Å². The van der Waals surface area contributed by atoms with Gasteiger partial charge in [0.2, 0.25) is 0 Å². The molecule has 0 spiro atoms. The minimum atomic E-state index is -4.44. The number of nitrogens with one attached hydrogen (secondary N) is 1. The van der Waals surface area contributed by atoms with Crippen LogP contribution < -0.4 is 9.62 Å². The van der Waals surface area contributed by atoms with Crippen LogP contribution in [0.2, 0.25) is 0 Å². The van der Waals surface area contributed by atoms with Crippen molar-refractivity contribution in [3.8, 4) is 0 Å². The molecular weight excluding hydrogens is 469 g/mol. The summed E-state index contributed by atoms with van der Waals surface area (Å²) in [4.78, 5) is 18.3. The van der Waals surface area contributed by atoms with Gasteiger partial charge in [-0.15, -0.1) is 5.10 Å². The molecule has 4 rings (SSSR count). The maximum absolute atomic E-state index is 13.6. The fraction of sp³-hybridized carbons (Fsp3) is 0.545. The van der Waals surface area contributed by atoms with Crippen molar-refractivity contribution < 1.29 is 23.1 Å². The normalized spacial score (nSPS) is 18.4. The number of piperidine rings is 1. The molecule has 12 heteroatoms. The van der Waals surface area contributed by atoms with Gasteiger partial charge < -0.3 is 19.6 Å². The van der Waals surface area contributed by atoms with Gasteiger partial charge in [0.1, 0.15) is 0 Å². The molecule has 2 N–H and O–H groups in total. The molecule has 1 aromatic carbocycles. The first kappa shape index (κ1) is 24.7. The Morgan fingerprint density at radius 3 is 2.50 bits per heavy atom. The van der Waals surface area contributed by atoms with Gasteiger partial charge in [0.25, 0.3) is 0 Å². The lowest BCUT2D eigenvalue weighted by molar-refractivity contribution is -0.137. The van der Waals surface area contributed by atoms with Crippen molar-refractivity contribution in [2.75, 3.05) is 55.1 Å². The SMILES string of the molecule is CSNc1ccn(C(=O)N2CCN(Cc3ccc(C(F)(F)F)c(N4CCC(O)CC4)c3)CC2)n1. The molecule has 1 aromatic heterocycles. The summed E-state index contributed by atoms with van der Waals surface area (Å²) in [5, 5.41) is 14.0. The Morgan fingerprint density at radius 1 is 1.15 bits per heavy atom. The number of nitrogens with zero attached hydrogens (tertiary/aromatic N) is 5. The number of aromatic nitrogens is 2. The van der Waals surface area contributed by atoms with Gasteiger partial charge >= 0.3 is 12.2 Å². The molecule has 0 aliphatic carbocycles. The lowest BCUT2D eigenvalue weighted by Gasteiger charge is -2.35. The number of piperazine rings is 1. The number of carbonyl (C=O) groups is 1.